The van der Waals surface area contributed by atoms with Crippen molar-refractivity contribution < 1.29 is 28.5 Å². The van der Waals surface area contributed by atoms with Crippen molar-refractivity contribution in [1.82, 2.24) is 4.68 Å². The summed E-state index contributed by atoms with van der Waals surface area (Å²) >= 11 is 0. The molecule has 10 heteroatoms. The van der Waals surface area contributed by atoms with Gasteiger partial charge in [0.1, 0.15) is 11.5 Å². The van der Waals surface area contributed by atoms with E-state index in [0.29, 0.717) is 34.1 Å². The lowest BCUT2D eigenvalue weighted by Gasteiger charge is -2.15. The second-order valence-corrected chi connectivity index (χ2v) is 7.83. The van der Waals surface area contributed by atoms with E-state index < -0.39 is 17.4 Å². The number of hydrogen-bond donors (Lipinski definition) is 2. The van der Waals surface area contributed by atoms with Crippen LogP contribution in [0.2, 0.25) is 0 Å². The fraction of sp³-hybridized carbons (Fsp3) is 0.148. The fourth-order valence-corrected chi connectivity index (χ4v) is 3.78. The van der Waals surface area contributed by atoms with Gasteiger partial charge in [-0.1, -0.05) is 18.2 Å². The molecule has 2 N–H and O–H groups in total. The van der Waals surface area contributed by atoms with Crippen LogP contribution < -0.4 is 35.2 Å². The van der Waals surface area contributed by atoms with Crippen LogP contribution in [0.25, 0.3) is 10.8 Å². The topological polar surface area (TPSA) is 117 Å². The summed E-state index contributed by atoms with van der Waals surface area (Å²) < 4.78 is 22.0. The third-order valence-corrected chi connectivity index (χ3v) is 5.65. The molecule has 0 unspecified atom stereocenters. The number of hydrogen-bond acceptors (Lipinski definition) is 7. The first-order chi connectivity index (χ1) is 17.9. The predicted molar refractivity (Wildman–Crippen MR) is 139 cm³/mol. The van der Waals surface area contributed by atoms with Gasteiger partial charge in [-0.05, 0) is 30.3 Å². The molecule has 0 bridgehead atoms. The highest BCUT2D eigenvalue weighted by Crippen LogP contribution is 2.30. The molecule has 1 aromatic heterocycles. The summed E-state index contributed by atoms with van der Waals surface area (Å²) in [6.07, 6.45) is 1.29. The Morgan fingerprint density at radius 2 is 1.38 bits per heavy atom. The SMILES string of the molecule is COc1cc(OC)cc(C(=O)Nn2cc(C(=O)Nc3ccc(OC)c(OC)c3)c3ccccc3c2=O)c1. The Morgan fingerprint density at radius 3 is 2.00 bits per heavy atom. The second-order valence-electron chi connectivity index (χ2n) is 7.83. The maximum Gasteiger partial charge on any atom is 0.277 e. The Hall–Kier alpha value is -4.99. The molecule has 0 aliphatic rings. The standard InChI is InChI=1S/C27H25N3O7/c1-34-18-11-16(12-19(14-18)35-2)25(31)29-30-15-22(20-7-5-6-8-21(20)27(30)33)26(32)28-17-9-10-23(36-3)24(13-17)37-4/h5-15H,1-4H3,(H,28,32)(H,29,31). The van der Waals surface area contributed by atoms with Crippen LogP contribution in [0.4, 0.5) is 5.69 Å². The zero-order valence-corrected chi connectivity index (χ0v) is 20.7. The van der Waals surface area contributed by atoms with Gasteiger partial charge >= 0.3 is 0 Å². The molecule has 0 aliphatic heterocycles. The number of ether oxygens (including phenoxy) is 4. The molecule has 0 saturated carbocycles. The van der Waals surface area contributed by atoms with Crippen molar-refractivity contribution >= 4 is 28.3 Å². The van der Waals surface area contributed by atoms with E-state index in [1.54, 1.807) is 48.5 Å². The molecular weight excluding hydrogens is 478 g/mol. The van der Waals surface area contributed by atoms with Crippen molar-refractivity contribution in [3.63, 3.8) is 0 Å². The zero-order valence-electron chi connectivity index (χ0n) is 20.7. The number of methoxy groups -OCH3 is 4. The van der Waals surface area contributed by atoms with Crippen LogP contribution in [0.15, 0.2) is 71.7 Å². The van der Waals surface area contributed by atoms with Crippen LogP contribution >= 0.6 is 0 Å². The zero-order chi connectivity index (χ0) is 26.5. The first-order valence-electron chi connectivity index (χ1n) is 11.1. The first kappa shape index (κ1) is 25.1. The molecule has 0 saturated heterocycles. The van der Waals surface area contributed by atoms with E-state index in [0.717, 1.165) is 4.68 Å². The number of rotatable bonds is 8. The summed E-state index contributed by atoms with van der Waals surface area (Å²) in [6.45, 7) is 0. The van der Waals surface area contributed by atoms with Gasteiger partial charge in [-0.2, -0.15) is 0 Å². The molecule has 190 valence electrons. The summed E-state index contributed by atoms with van der Waals surface area (Å²) in [5.74, 6) is 0.679. The molecular formula is C27H25N3O7. The third-order valence-electron chi connectivity index (χ3n) is 5.65. The summed E-state index contributed by atoms with van der Waals surface area (Å²) in [5.41, 5.74) is 2.88. The van der Waals surface area contributed by atoms with E-state index in [1.807, 2.05) is 0 Å². The average molecular weight is 504 g/mol. The van der Waals surface area contributed by atoms with Gasteiger partial charge in [0, 0.05) is 40.4 Å². The van der Waals surface area contributed by atoms with Gasteiger partial charge in [-0.25, -0.2) is 4.68 Å². The van der Waals surface area contributed by atoms with E-state index >= 15 is 0 Å². The molecule has 4 aromatic rings. The van der Waals surface area contributed by atoms with Crippen molar-refractivity contribution in [3.05, 3.63) is 88.3 Å². The largest absolute Gasteiger partial charge is 0.497 e. The minimum atomic E-state index is -0.596. The number of carbonyl (C=O) groups excluding carboxylic acids is 2. The number of anilines is 1. The summed E-state index contributed by atoms with van der Waals surface area (Å²) in [5, 5.41) is 3.49. The Morgan fingerprint density at radius 1 is 0.730 bits per heavy atom. The first-order valence-corrected chi connectivity index (χ1v) is 11.1. The number of aromatic nitrogens is 1. The Labute approximate surface area is 212 Å². The van der Waals surface area contributed by atoms with Crippen molar-refractivity contribution in [2.24, 2.45) is 0 Å². The molecule has 1 heterocycles. The van der Waals surface area contributed by atoms with Crippen LogP contribution in [0.3, 0.4) is 0 Å². The highest BCUT2D eigenvalue weighted by molar-refractivity contribution is 6.13. The monoisotopic (exact) mass is 503 g/mol. The van der Waals surface area contributed by atoms with Gasteiger partial charge in [0.05, 0.1) is 34.0 Å². The quantitative estimate of drug-likeness (QED) is 0.377. The van der Waals surface area contributed by atoms with Gasteiger partial charge in [0.25, 0.3) is 17.4 Å². The molecule has 0 aliphatic carbocycles. The highest BCUT2D eigenvalue weighted by Gasteiger charge is 2.18. The summed E-state index contributed by atoms with van der Waals surface area (Å²) in [6, 6.07) is 16.2. The summed E-state index contributed by atoms with van der Waals surface area (Å²) in [4.78, 5) is 39.5. The van der Waals surface area contributed by atoms with Crippen LogP contribution in [0.1, 0.15) is 20.7 Å². The Balaban J connectivity index is 1.72. The van der Waals surface area contributed by atoms with Crippen molar-refractivity contribution in [1.29, 1.82) is 0 Å². The normalized spacial score (nSPS) is 10.5. The van der Waals surface area contributed by atoms with Crippen molar-refractivity contribution in [3.8, 4) is 23.0 Å². The Kier molecular flexibility index (Phi) is 7.28. The number of nitrogens with one attached hydrogen (secondary N) is 2. The fourth-order valence-electron chi connectivity index (χ4n) is 3.78. The molecule has 2 amide bonds. The minimum absolute atomic E-state index is 0.175. The van der Waals surface area contributed by atoms with Crippen molar-refractivity contribution in [2.45, 2.75) is 0 Å². The van der Waals surface area contributed by atoms with E-state index in [9.17, 15) is 14.4 Å². The van der Waals surface area contributed by atoms with E-state index in [4.69, 9.17) is 18.9 Å². The van der Waals surface area contributed by atoms with Gasteiger partial charge in [-0.15, -0.1) is 0 Å². The van der Waals surface area contributed by atoms with E-state index in [2.05, 4.69) is 10.7 Å². The van der Waals surface area contributed by atoms with E-state index in [-0.39, 0.29) is 16.5 Å². The third kappa shape index (κ3) is 5.18. The molecule has 10 nitrogen and oxygen atoms in total. The maximum absolute atomic E-state index is 13.3. The molecule has 0 spiro atoms. The number of pyridine rings is 1. The maximum atomic E-state index is 13.3. The minimum Gasteiger partial charge on any atom is -0.497 e. The highest BCUT2D eigenvalue weighted by atomic mass is 16.5. The van der Waals surface area contributed by atoms with Gasteiger partial charge in [-0.3, -0.25) is 19.8 Å². The van der Waals surface area contributed by atoms with Gasteiger partial charge in [0.15, 0.2) is 11.5 Å². The lowest BCUT2D eigenvalue weighted by atomic mass is 10.1. The number of carbonyl (C=O) groups is 2. The smallest absolute Gasteiger partial charge is 0.277 e. The van der Waals surface area contributed by atoms with Crippen LogP contribution in [0, 0.1) is 0 Å². The number of nitrogens with zero attached hydrogens (tertiary/aromatic N) is 1. The van der Waals surface area contributed by atoms with Crippen molar-refractivity contribution in [2.75, 3.05) is 39.2 Å². The average Bonchev–Trinajstić information content (AvgIpc) is 2.93. The molecule has 4 rings (SSSR count). The summed E-state index contributed by atoms with van der Waals surface area (Å²) in [7, 11) is 5.94. The van der Waals surface area contributed by atoms with Gasteiger partial charge in [0.2, 0.25) is 0 Å². The van der Waals surface area contributed by atoms with Crippen LogP contribution in [-0.2, 0) is 0 Å². The number of fused-ring (bicyclic) bond motifs is 1. The molecule has 0 radical (unpaired) electrons. The second kappa shape index (κ2) is 10.7. The molecule has 3 aromatic carbocycles. The lowest BCUT2D eigenvalue weighted by molar-refractivity contribution is 0.0999. The number of amides is 2. The van der Waals surface area contributed by atoms with E-state index in [1.165, 1.54) is 46.8 Å². The number of benzene rings is 3. The molecule has 0 atom stereocenters. The molecule has 37 heavy (non-hydrogen) atoms. The van der Waals surface area contributed by atoms with Crippen LogP contribution in [0.5, 0.6) is 23.0 Å². The Bertz CT molecular complexity index is 1520. The van der Waals surface area contributed by atoms with Gasteiger partial charge < -0.3 is 24.3 Å². The lowest BCUT2D eigenvalue weighted by Crippen LogP contribution is -2.34. The predicted octanol–water partition coefficient (Wildman–Crippen LogP) is 3.67. The molecule has 0 fully saturated rings. The van der Waals surface area contributed by atoms with Crippen LogP contribution in [-0.4, -0.2) is 44.9 Å².